The number of ether oxygens (including phenoxy) is 1. The van der Waals surface area contributed by atoms with E-state index in [1.165, 1.54) is 0 Å². The molecule has 0 aliphatic carbocycles. The molecule has 0 aromatic carbocycles. The second-order valence-corrected chi connectivity index (χ2v) is 7.36. The van der Waals surface area contributed by atoms with E-state index in [4.69, 9.17) is 4.74 Å². The smallest absolute Gasteiger partial charge is 0.114 e. The molecule has 0 aliphatic heterocycles. The molecule has 0 aliphatic rings. The molecule has 0 unspecified atom stereocenters. The topological polar surface area (TPSA) is 21.3 Å². The molecular formula is C14H27NOS2. The molecule has 0 fully saturated rings. The number of hydrogen-bond acceptors (Lipinski definition) is 4. The Kier molecular flexibility index (Phi) is 12.3. The molecule has 4 heteroatoms. The van der Waals surface area contributed by atoms with Gasteiger partial charge in [0.2, 0.25) is 0 Å². The molecule has 0 saturated carbocycles. The lowest BCUT2D eigenvalue weighted by molar-refractivity contribution is 0.136. The fourth-order valence-electron chi connectivity index (χ4n) is 1.31. The van der Waals surface area contributed by atoms with Crippen LogP contribution in [0.4, 0.5) is 0 Å². The Morgan fingerprint density at radius 2 is 1.94 bits per heavy atom. The van der Waals surface area contributed by atoms with Crippen molar-refractivity contribution in [2.24, 2.45) is 5.92 Å². The van der Waals surface area contributed by atoms with E-state index in [2.05, 4.69) is 51.1 Å². The number of hydrogen-bond donors (Lipinski definition) is 1. The zero-order chi connectivity index (χ0) is 13.8. The number of rotatable bonds is 9. The van der Waals surface area contributed by atoms with E-state index in [0.29, 0.717) is 18.6 Å². The predicted molar refractivity (Wildman–Crippen MR) is 85.8 cm³/mol. The van der Waals surface area contributed by atoms with Crippen LogP contribution in [0.15, 0.2) is 0 Å². The third-order valence-corrected chi connectivity index (χ3v) is 4.11. The van der Waals surface area contributed by atoms with Crippen molar-refractivity contribution in [2.45, 2.75) is 52.0 Å². The van der Waals surface area contributed by atoms with Crippen LogP contribution in [0.2, 0.25) is 0 Å². The van der Waals surface area contributed by atoms with Crippen LogP contribution in [-0.2, 0) is 4.74 Å². The molecule has 0 heterocycles. The fourth-order valence-corrected chi connectivity index (χ4v) is 3.01. The van der Waals surface area contributed by atoms with Gasteiger partial charge >= 0.3 is 0 Å². The van der Waals surface area contributed by atoms with Crippen molar-refractivity contribution in [1.29, 1.82) is 0 Å². The maximum Gasteiger partial charge on any atom is 0.114 e. The van der Waals surface area contributed by atoms with E-state index in [0.717, 1.165) is 19.4 Å². The Morgan fingerprint density at radius 1 is 1.22 bits per heavy atom. The summed E-state index contributed by atoms with van der Waals surface area (Å²) in [6, 6.07) is 0.564. The SMILES string of the molecule is CSS[C@H](CCCNC(C)C)OCC#CC(C)C. The monoisotopic (exact) mass is 289 g/mol. The van der Waals surface area contributed by atoms with Crippen LogP contribution in [0.3, 0.4) is 0 Å². The molecule has 1 N–H and O–H groups in total. The lowest BCUT2D eigenvalue weighted by Gasteiger charge is -2.15. The van der Waals surface area contributed by atoms with Gasteiger partial charge in [-0.2, -0.15) is 0 Å². The highest BCUT2D eigenvalue weighted by Crippen LogP contribution is 2.27. The summed E-state index contributed by atoms with van der Waals surface area (Å²) in [4.78, 5) is 0. The van der Waals surface area contributed by atoms with Gasteiger partial charge in [-0.15, -0.1) is 0 Å². The first-order valence-corrected chi connectivity index (χ1v) is 9.21. The van der Waals surface area contributed by atoms with Crippen LogP contribution in [0.1, 0.15) is 40.5 Å². The molecule has 0 aromatic heterocycles. The van der Waals surface area contributed by atoms with Gasteiger partial charge in [-0.25, -0.2) is 0 Å². The Hall–Kier alpha value is 0.180. The van der Waals surface area contributed by atoms with Crippen LogP contribution in [0.5, 0.6) is 0 Å². The Labute approximate surface area is 121 Å². The summed E-state index contributed by atoms with van der Waals surface area (Å²) in [5.41, 5.74) is 0.260. The predicted octanol–water partition coefficient (Wildman–Crippen LogP) is 3.78. The Morgan fingerprint density at radius 3 is 2.50 bits per heavy atom. The lowest BCUT2D eigenvalue weighted by Crippen LogP contribution is -2.24. The minimum Gasteiger partial charge on any atom is -0.354 e. The standard InChI is InChI=1S/C14H27NOS2/c1-12(2)8-7-11-16-14(18-17-5)9-6-10-15-13(3)4/h12-15H,6,9-11H2,1-5H3/t14-/m1/s1. The largest absolute Gasteiger partial charge is 0.354 e. The average molecular weight is 290 g/mol. The third kappa shape index (κ3) is 12.6. The molecule has 0 radical (unpaired) electrons. The first-order chi connectivity index (χ1) is 8.56. The van der Waals surface area contributed by atoms with E-state index in [-0.39, 0.29) is 5.44 Å². The lowest BCUT2D eigenvalue weighted by atomic mass is 10.2. The first-order valence-electron chi connectivity index (χ1n) is 6.59. The van der Waals surface area contributed by atoms with Crippen LogP contribution >= 0.6 is 21.6 Å². The van der Waals surface area contributed by atoms with Crippen molar-refractivity contribution in [3.63, 3.8) is 0 Å². The molecule has 18 heavy (non-hydrogen) atoms. The minimum absolute atomic E-state index is 0.260. The van der Waals surface area contributed by atoms with Crippen molar-refractivity contribution < 1.29 is 4.74 Å². The molecule has 1 atom stereocenters. The molecule has 0 rings (SSSR count). The summed E-state index contributed by atoms with van der Waals surface area (Å²) < 4.78 is 5.78. The highest BCUT2D eigenvalue weighted by atomic mass is 33.1. The van der Waals surface area contributed by atoms with Crippen LogP contribution in [-0.4, -0.2) is 30.9 Å². The van der Waals surface area contributed by atoms with Crippen molar-refractivity contribution in [1.82, 2.24) is 5.32 Å². The van der Waals surface area contributed by atoms with Crippen molar-refractivity contribution in [2.75, 3.05) is 19.4 Å². The molecule has 0 amide bonds. The number of nitrogens with one attached hydrogen (secondary N) is 1. The van der Waals surface area contributed by atoms with E-state index >= 15 is 0 Å². The average Bonchev–Trinajstić information content (AvgIpc) is 2.29. The summed E-state index contributed by atoms with van der Waals surface area (Å²) in [6.07, 6.45) is 4.32. The van der Waals surface area contributed by atoms with Crippen molar-refractivity contribution in [3.8, 4) is 11.8 Å². The zero-order valence-corrected chi connectivity index (χ0v) is 13.9. The maximum absolute atomic E-state index is 5.78. The molecule has 0 spiro atoms. The summed E-state index contributed by atoms with van der Waals surface area (Å²) in [5.74, 6) is 6.62. The molecule has 0 aromatic rings. The van der Waals surface area contributed by atoms with Crippen molar-refractivity contribution in [3.05, 3.63) is 0 Å². The molecule has 2 nitrogen and oxygen atoms in total. The molecule has 106 valence electrons. The molecular weight excluding hydrogens is 262 g/mol. The van der Waals surface area contributed by atoms with Gasteiger partial charge in [0.1, 0.15) is 12.0 Å². The van der Waals surface area contributed by atoms with Gasteiger partial charge in [0, 0.05) is 12.0 Å². The van der Waals surface area contributed by atoms with Gasteiger partial charge < -0.3 is 10.1 Å². The normalized spacial score (nSPS) is 12.6. The Balaban J connectivity index is 3.75. The summed E-state index contributed by atoms with van der Waals surface area (Å²) >= 11 is 0. The maximum atomic E-state index is 5.78. The van der Waals surface area contributed by atoms with Gasteiger partial charge in [0.15, 0.2) is 0 Å². The molecule has 0 saturated heterocycles. The fraction of sp³-hybridized carbons (Fsp3) is 0.857. The first kappa shape index (κ1) is 18.2. The molecule has 0 bridgehead atoms. The third-order valence-electron chi connectivity index (χ3n) is 2.10. The zero-order valence-electron chi connectivity index (χ0n) is 12.3. The van der Waals surface area contributed by atoms with Crippen LogP contribution in [0.25, 0.3) is 0 Å². The summed E-state index contributed by atoms with van der Waals surface area (Å²) in [6.45, 7) is 10.1. The van der Waals surface area contributed by atoms with E-state index in [9.17, 15) is 0 Å². The van der Waals surface area contributed by atoms with Gasteiger partial charge in [0.25, 0.3) is 0 Å². The van der Waals surface area contributed by atoms with E-state index < -0.39 is 0 Å². The second kappa shape index (κ2) is 12.2. The minimum atomic E-state index is 0.260. The summed E-state index contributed by atoms with van der Waals surface area (Å²) in [7, 11) is 3.55. The quantitative estimate of drug-likeness (QED) is 0.302. The van der Waals surface area contributed by atoms with E-state index in [1.807, 2.05) is 0 Å². The van der Waals surface area contributed by atoms with Gasteiger partial charge in [-0.1, -0.05) is 61.1 Å². The van der Waals surface area contributed by atoms with Gasteiger partial charge in [0.05, 0.1) is 0 Å². The van der Waals surface area contributed by atoms with Gasteiger partial charge in [-0.05, 0) is 25.6 Å². The van der Waals surface area contributed by atoms with Crippen LogP contribution in [0, 0.1) is 17.8 Å². The second-order valence-electron chi connectivity index (χ2n) is 4.73. The van der Waals surface area contributed by atoms with Crippen LogP contribution < -0.4 is 5.32 Å². The highest BCUT2D eigenvalue weighted by molar-refractivity contribution is 8.76. The summed E-state index contributed by atoms with van der Waals surface area (Å²) in [5, 5.41) is 3.43. The highest BCUT2D eigenvalue weighted by Gasteiger charge is 2.08. The van der Waals surface area contributed by atoms with E-state index in [1.54, 1.807) is 21.6 Å². The Bertz CT molecular complexity index is 246. The van der Waals surface area contributed by atoms with Crippen molar-refractivity contribution >= 4 is 21.6 Å². The van der Waals surface area contributed by atoms with Gasteiger partial charge in [-0.3, -0.25) is 0 Å².